The summed E-state index contributed by atoms with van der Waals surface area (Å²) in [4.78, 5) is 4.60. The molecular formula is C27H29N5O. The predicted octanol–water partition coefficient (Wildman–Crippen LogP) is 4.60. The van der Waals surface area contributed by atoms with Crippen LogP contribution in [0.1, 0.15) is 47.7 Å². The number of aliphatic hydroxyl groups is 1. The smallest absolute Gasteiger partial charge is 0.205 e. The lowest BCUT2D eigenvalue weighted by Gasteiger charge is -2.24. The summed E-state index contributed by atoms with van der Waals surface area (Å²) in [6.45, 7) is 6.16. The highest BCUT2D eigenvalue weighted by Gasteiger charge is 2.28. The van der Waals surface area contributed by atoms with Gasteiger partial charge in [-0.1, -0.05) is 59.7 Å². The van der Waals surface area contributed by atoms with Crippen molar-refractivity contribution in [2.75, 3.05) is 0 Å². The summed E-state index contributed by atoms with van der Waals surface area (Å²) in [5, 5.41) is 29.4. The Kier molecular flexibility index (Phi) is 6.43. The molecule has 0 saturated carbocycles. The Bertz CT molecular complexity index is 1340. The largest absolute Gasteiger partial charge is 0.390 e. The molecule has 2 unspecified atom stereocenters. The number of benzene rings is 2. The number of aliphatic hydroxyl groups excluding tert-OH is 1. The van der Waals surface area contributed by atoms with Crippen LogP contribution >= 0.6 is 0 Å². The van der Waals surface area contributed by atoms with E-state index in [1.165, 1.54) is 5.56 Å². The summed E-state index contributed by atoms with van der Waals surface area (Å²) in [5.41, 5.74) is 6.19. The van der Waals surface area contributed by atoms with Crippen molar-refractivity contribution >= 4 is 11.2 Å². The highest BCUT2D eigenvalue weighted by molar-refractivity contribution is 5.72. The molecule has 0 aliphatic carbocycles. The molecule has 0 amide bonds. The zero-order valence-corrected chi connectivity index (χ0v) is 19.2. The Hall–Kier alpha value is -3.69. The molecule has 168 valence electrons. The molecule has 0 spiro atoms. The molecule has 0 fully saturated rings. The minimum absolute atomic E-state index is 0.0179. The molecule has 3 atom stereocenters. The highest BCUT2D eigenvalue weighted by atomic mass is 16.3. The standard InChI is InChI=1S/C27H29N5O/c1-18-6-10-21(11-7-18)17-24(25(33)14-15-28)32-26-23(5-4-16-30-26)31(27(32)29)20(3)22-12-8-19(2)9-13-22/h4-13,16,20,24-25,29,33H,14,17H2,1-3H3/t20?,24-,25?/m0/s1. The lowest BCUT2D eigenvalue weighted by atomic mass is 9.98. The molecule has 2 N–H and O–H groups in total. The monoisotopic (exact) mass is 439 g/mol. The second-order valence-electron chi connectivity index (χ2n) is 8.68. The number of pyridine rings is 1. The van der Waals surface area contributed by atoms with E-state index in [1.807, 2.05) is 47.9 Å². The van der Waals surface area contributed by atoms with Crippen LogP contribution in [0.25, 0.3) is 11.2 Å². The molecule has 4 rings (SSSR count). The minimum atomic E-state index is -0.929. The van der Waals surface area contributed by atoms with E-state index in [9.17, 15) is 10.4 Å². The van der Waals surface area contributed by atoms with Gasteiger partial charge in [-0.25, -0.2) is 4.98 Å². The fraction of sp³-hybridized carbons (Fsp3) is 0.296. The molecule has 33 heavy (non-hydrogen) atoms. The maximum atomic E-state index is 11.0. The first kappa shape index (κ1) is 22.5. The second kappa shape index (κ2) is 9.43. The molecule has 2 heterocycles. The summed E-state index contributed by atoms with van der Waals surface area (Å²) < 4.78 is 3.75. The number of fused-ring (bicyclic) bond motifs is 1. The average Bonchev–Trinajstić information content (AvgIpc) is 3.10. The lowest BCUT2D eigenvalue weighted by molar-refractivity contribution is 0.115. The summed E-state index contributed by atoms with van der Waals surface area (Å²) in [5.74, 6) is 0. The number of nitrogens with zero attached hydrogens (tertiary/aromatic N) is 4. The summed E-state index contributed by atoms with van der Waals surface area (Å²) in [6, 6.07) is 21.8. The minimum Gasteiger partial charge on any atom is -0.390 e. The highest BCUT2D eigenvalue weighted by Crippen LogP contribution is 2.27. The Morgan fingerprint density at radius 1 is 1.00 bits per heavy atom. The fourth-order valence-corrected chi connectivity index (χ4v) is 4.39. The van der Waals surface area contributed by atoms with Crippen LogP contribution in [0.15, 0.2) is 66.9 Å². The number of rotatable bonds is 7. The Morgan fingerprint density at radius 2 is 1.64 bits per heavy atom. The van der Waals surface area contributed by atoms with Crippen LogP contribution < -0.4 is 5.62 Å². The molecule has 4 aromatic rings. The van der Waals surface area contributed by atoms with Gasteiger partial charge in [-0.05, 0) is 50.5 Å². The van der Waals surface area contributed by atoms with E-state index in [1.54, 1.807) is 10.8 Å². The van der Waals surface area contributed by atoms with Crippen LogP contribution in [0.2, 0.25) is 0 Å². The van der Waals surface area contributed by atoms with E-state index in [2.05, 4.69) is 49.2 Å². The van der Waals surface area contributed by atoms with Crippen molar-refractivity contribution in [3.63, 3.8) is 0 Å². The molecule has 0 aliphatic heterocycles. The molecule has 0 radical (unpaired) electrons. The van der Waals surface area contributed by atoms with Gasteiger partial charge in [0.15, 0.2) is 5.65 Å². The predicted molar refractivity (Wildman–Crippen MR) is 129 cm³/mol. The van der Waals surface area contributed by atoms with E-state index in [0.717, 1.165) is 22.2 Å². The summed E-state index contributed by atoms with van der Waals surface area (Å²) in [7, 11) is 0. The van der Waals surface area contributed by atoms with E-state index in [-0.39, 0.29) is 18.1 Å². The van der Waals surface area contributed by atoms with Crippen molar-refractivity contribution in [3.8, 4) is 6.07 Å². The first-order valence-electron chi connectivity index (χ1n) is 11.2. The van der Waals surface area contributed by atoms with Gasteiger partial charge in [0.05, 0.1) is 36.2 Å². The number of aromatic nitrogens is 3. The van der Waals surface area contributed by atoms with Gasteiger partial charge in [-0.15, -0.1) is 0 Å². The number of aryl methyl sites for hydroxylation is 2. The maximum absolute atomic E-state index is 11.0. The molecule has 0 bridgehead atoms. The van der Waals surface area contributed by atoms with Crippen molar-refractivity contribution < 1.29 is 5.11 Å². The van der Waals surface area contributed by atoms with Gasteiger partial charge in [0.1, 0.15) is 0 Å². The number of nitrogens with one attached hydrogen (secondary N) is 1. The van der Waals surface area contributed by atoms with Crippen LogP contribution in [0.4, 0.5) is 0 Å². The summed E-state index contributed by atoms with van der Waals surface area (Å²) >= 11 is 0. The lowest BCUT2D eigenvalue weighted by Crippen LogP contribution is -2.36. The quantitative estimate of drug-likeness (QED) is 0.441. The van der Waals surface area contributed by atoms with E-state index in [4.69, 9.17) is 5.41 Å². The van der Waals surface area contributed by atoms with Crippen molar-refractivity contribution in [1.82, 2.24) is 14.1 Å². The van der Waals surface area contributed by atoms with Gasteiger partial charge in [0, 0.05) is 6.20 Å². The van der Waals surface area contributed by atoms with Crippen LogP contribution in [-0.2, 0) is 6.42 Å². The fourth-order valence-electron chi connectivity index (χ4n) is 4.39. The third-order valence-electron chi connectivity index (χ3n) is 6.30. The number of hydrogen-bond donors (Lipinski definition) is 2. The number of nitriles is 1. The first-order valence-corrected chi connectivity index (χ1v) is 11.2. The number of imidazole rings is 1. The van der Waals surface area contributed by atoms with Crippen molar-refractivity contribution in [3.05, 3.63) is 94.7 Å². The molecule has 6 heteroatoms. The van der Waals surface area contributed by atoms with Crippen LogP contribution in [-0.4, -0.2) is 25.3 Å². The van der Waals surface area contributed by atoms with E-state index < -0.39 is 12.1 Å². The molecule has 2 aromatic heterocycles. The normalized spacial score (nSPS) is 14.0. The Labute approximate surface area is 193 Å². The van der Waals surface area contributed by atoms with E-state index >= 15 is 0 Å². The van der Waals surface area contributed by atoms with Gasteiger partial charge in [-0.3, -0.25) is 9.98 Å². The van der Waals surface area contributed by atoms with Crippen molar-refractivity contribution in [2.45, 2.75) is 51.8 Å². The van der Waals surface area contributed by atoms with Crippen LogP contribution in [0, 0.1) is 30.6 Å². The van der Waals surface area contributed by atoms with Crippen molar-refractivity contribution in [2.24, 2.45) is 0 Å². The zero-order valence-electron chi connectivity index (χ0n) is 19.2. The third-order valence-corrected chi connectivity index (χ3v) is 6.30. The average molecular weight is 440 g/mol. The van der Waals surface area contributed by atoms with Gasteiger partial charge in [0.25, 0.3) is 0 Å². The molecule has 0 saturated heterocycles. The molecule has 2 aromatic carbocycles. The summed E-state index contributed by atoms with van der Waals surface area (Å²) in [6.07, 6.45) is 1.25. The van der Waals surface area contributed by atoms with Gasteiger partial charge in [-0.2, -0.15) is 5.26 Å². The van der Waals surface area contributed by atoms with Gasteiger partial charge < -0.3 is 9.67 Å². The van der Waals surface area contributed by atoms with Crippen molar-refractivity contribution in [1.29, 1.82) is 10.7 Å². The van der Waals surface area contributed by atoms with Gasteiger partial charge in [0.2, 0.25) is 5.62 Å². The first-order chi connectivity index (χ1) is 15.9. The SMILES string of the molecule is Cc1ccc(C[C@@H](C(O)CC#N)n2c(=N)n(C(C)c3ccc(C)cc3)c3cccnc32)cc1. The second-order valence-corrected chi connectivity index (χ2v) is 8.68. The van der Waals surface area contributed by atoms with E-state index in [0.29, 0.717) is 12.1 Å². The maximum Gasteiger partial charge on any atom is 0.205 e. The number of hydrogen-bond acceptors (Lipinski definition) is 4. The topological polar surface area (TPSA) is 90.6 Å². The molecule has 6 nitrogen and oxygen atoms in total. The van der Waals surface area contributed by atoms with Gasteiger partial charge >= 0.3 is 0 Å². The Balaban J connectivity index is 1.88. The Morgan fingerprint density at radius 3 is 2.27 bits per heavy atom. The molecule has 0 aliphatic rings. The zero-order chi connectivity index (χ0) is 23.5. The van der Waals surface area contributed by atoms with Crippen LogP contribution in [0.3, 0.4) is 0 Å². The molecular weight excluding hydrogens is 410 g/mol. The van der Waals surface area contributed by atoms with Crippen LogP contribution in [0.5, 0.6) is 0 Å². The third kappa shape index (κ3) is 4.46.